The Morgan fingerprint density at radius 2 is 1.90 bits per heavy atom. The second-order valence-corrected chi connectivity index (χ2v) is 8.18. The molecule has 1 heterocycles. The van der Waals surface area contributed by atoms with Crippen molar-refractivity contribution in [2.75, 3.05) is 6.54 Å². The first-order valence-corrected chi connectivity index (χ1v) is 8.82. The summed E-state index contributed by atoms with van der Waals surface area (Å²) in [5.74, 6) is -1.09. The van der Waals surface area contributed by atoms with Crippen molar-refractivity contribution in [1.29, 1.82) is 0 Å². The van der Waals surface area contributed by atoms with E-state index in [-0.39, 0.29) is 11.4 Å². The molecule has 1 N–H and O–H groups in total. The van der Waals surface area contributed by atoms with Gasteiger partial charge in [-0.3, -0.25) is 4.79 Å². The summed E-state index contributed by atoms with van der Waals surface area (Å²) < 4.78 is 27.4. The minimum atomic E-state index is -3.78. The fourth-order valence-electron chi connectivity index (χ4n) is 2.43. The molecule has 0 spiro atoms. The van der Waals surface area contributed by atoms with E-state index in [1.165, 1.54) is 19.1 Å². The molecule has 0 aliphatic carbocycles. The van der Waals surface area contributed by atoms with Crippen molar-refractivity contribution in [2.24, 2.45) is 0 Å². The Hall–Kier alpha value is -0.670. The molecule has 1 aliphatic heterocycles. The standard InChI is InChI=1S/C13H16INO4S/c1-13(12(16)17)8-2-3-9-15(13)20(18,19)11-6-4-10(14)5-7-11/h4-7H,2-3,8-9H2,1H3,(H,16,17). The van der Waals surface area contributed by atoms with E-state index in [0.29, 0.717) is 12.8 Å². The Kier molecular flexibility index (Phi) is 4.41. The van der Waals surface area contributed by atoms with Crippen molar-refractivity contribution >= 4 is 38.6 Å². The maximum absolute atomic E-state index is 12.7. The second-order valence-electron chi connectivity index (χ2n) is 5.07. The molecule has 7 heteroatoms. The van der Waals surface area contributed by atoms with Crippen molar-refractivity contribution in [3.05, 3.63) is 27.8 Å². The molecule has 0 bridgehead atoms. The number of hydrogen-bond acceptors (Lipinski definition) is 3. The van der Waals surface area contributed by atoms with Crippen molar-refractivity contribution in [3.63, 3.8) is 0 Å². The van der Waals surface area contributed by atoms with E-state index in [1.807, 2.05) is 0 Å². The molecule has 1 aliphatic rings. The lowest BCUT2D eigenvalue weighted by molar-refractivity contribution is -0.149. The van der Waals surface area contributed by atoms with Gasteiger partial charge in [-0.25, -0.2) is 8.42 Å². The van der Waals surface area contributed by atoms with Crippen LogP contribution in [-0.2, 0) is 14.8 Å². The summed E-state index contributed by atoms with van der Waals surface area (Å²) in [4.78, 5) is 11.7. The van der Waals surface area contributed by atoms with Crippen molar-refractivity contribution in [1.82, 2.24) is 4.31 Å². The third-order valence-corrected chi connectivity index (χ3v) is 6.44. The van der Waals surface area contributed by atoms with Gasteiger partial charge in [0.05, 0.1) is 4.90 Å². The van der Waals surface area contributed by atoms with Gasteiger partial charge in [-0.1, -0.05) is 0 Å². The smallest absolute Gasteiger partial charge is 0.324 e. The van der Waals surface area contributed by atoms with Crippen LogP contribution in [0.2, 0.25) is 0 Å². The zero-order chi connectivity index (χ0) is 15.0. The zero-order valence-corrected chi connectivity index (χ0v) is 14.0. The lowest BCUT2D eigenvalue weighted by Gasteiger charge is -2.40. The summed E-state index contributed by atoms with van der Waals surface area (Å²) in [5, 5.41) is 9.41. The van der Waals surface area contributed by atoms with Crippen LogP contribution in [0.25, 0.3) is 0 Å². The predicted molar refractivity (Wildman–Crippen MR) is 82.9 cm³/mol. The van der Waals surface area contributed by atoms with E-state index in [1.54, 1.807) is 12.1 Å². The predicted octanol–water partition coefficient (Wildman–Crippen LogP) is 2.31. The maximum atomic E-state index is 12.7. The number of halogens is 1. The van der Waals surface area contributed by atoms with E-state index in [2.05, 4.69) is 22.6 Å². The van der Waals surface area contributed by atoms with E-state index in [4.69, 9.17) is 0 Å². The molecule has 0 radical (unpaired) electrons. The molecule has 110 valence electrons. The molecular formula is C13H16INO4S. The highest BCUT2D eigenvalue weighted by molar-refractivity contribution is 14.1. The number of rotatable bonds is 3. The summed E-state index contributed by atoms with van der Waals surface area (Å²) >= 11 is 2.09. The van der Waals surface area contributed by atoms with Crippen LogP contribution in [0.5, 0.6) is 0 Å². The quantitative estimate of drug-likeness (QED) is 0.778. The Morgan fingerprint density at radius 1 is 1.30 bits per heavy atom. The first-order valence-electron chi connectivity index (χ1n) is 6.30. The summed E-state index contributed by atoms with van der Waals surface area (Å²) in [7, 11) is -3.78. The molecule has 5 nitrogen and oxygen atoms in total. The molecule has 1 atom stereocenters. The normalized spacial score (nSPS) is 24.5. The van der Waals surface area contributed by atoms with E-state index in [0.717, 1.165) is 14.3 Å². The Balaban J connectivity index is 2.46. The monoisotopic (exact) mass is 409 g/mol. The Bertz CT molecular complexity index is 614. The van der Waals surface area contributed by atoms with Crippen LogP contribution >= 0.6 is 22.6 Å². The van der Waals surface area contributed by atoms with E-state index >= 15 is 0 Å². The van der Waals surface area contributed by atoms with Crippen LogP contribution in [-0.4, -0.2) is 35.9 Å². The fraction of sp³-hybridized carbons (Fsp3) is 0.462. The molecule has 1 unspecified atom stereocenters. The van der Waals surface area contributed by atoms with E-state index in [9.17, 15) is 18.3 Å². The van der Waals surface area contributed by atoms with Gasteiger partial charge in [-0.05, 0) is 73.0 Å². The van der Waals surface area contributed by atoms with Gasteiger partial charge in [-0.15, -0.1) is 0 Å². The SMILES string of the molecule is CC1(C(=O)O)CCCCN1S(=O)(=O)c1ccc(I)cc1. The van der Waals surface area contributed by atoms with Crippen molar-refractivity contribution in [3.8, 4) is 0 Å². The van der Waals surface area contributed by atoms with Gasteiger partial charge in [0.1, 0.15) is 5.54 Å². The molecule has 1 fully saturated rings. The van der Waals surface area contributed by atoms with Crippen LogP contribution in [0.3, 0.4) is 0 Å². The first-order chi connectivity index (χ1) is 9.28. The number of carbonyl (C=O) groups is 1. The number of benzene rings is 1. The van der Waals surface area contributed by atoms with Crippen LogP contribution in [0.15, 0.2) is 29.2 Å². The number of sulfonamides is 1. The highest BCUT2D eigenvalue weighted by atomic mass is 127. The lowest BCUT2D eigenvalue weighted by atomic mass is 9.91. The second kappa shape index (κ2) is 5.61. The van der Waals surface area contributed by atoms with Crippen molar-refractivity contribution in [2.45, 2.75) is 36.6 Å². The molecule has 1 aromatic carbocycles. The highest BCUT2D eigenvalue weighted by Gasteiger charge is 2.47. The average molecular weight is 409 g/mol. The average Bonchev–Trinajstić information content (AvgIpc) is 2.39. The number of nitrogens with zero attached hydrogens (tertiary/aromatic N) is 1. The number of hydrogen-bond donors (Lipinski definition) is 1. The molecule has 0 aromatic heterocycles. The molecule has 20 heavy (non-hydrogen) atoms. The number of piperidine rings is 1. The van der Waals surface area contributed by atoms with Crippen LogP contribution in [0.1, 0.15) is 26.2 Å². The van der Waals surface area contributed by atoms with Crippen LogP contribution in [0, 0.1) is 3.57 Å². The third kappa shape index (κ3) is 2.71. The Morgan fingerprint density at radius 3 is 2.45 bits per heavy atom. The van der Waals surface area contributed by atoms with Crippen molar-refractivity contribution < 1.29 is 18.3 Å². The number of aliphatic carboxylic acids is 1. The number of carboxylic acids is 1. The van der Waals surface area contributed by atoms with Crippen LogP contribution in [0.4, 0.5) is 0 Å². The number of carboxylic acid groups (broad SMARTS) is 1. The molecule has 1 aromatic rings. The van der Waals surface area contributed by atoms with Gasteiger partial charge in [-0.2, -0.15) is 4.31 Å². The largest absolute Gasteiger partial charge is 0.480 e. The lowest BCUT2D eigenvalue weighted by Crippen LogP contribution is -2.57. The minimum Gasteiger partial charge on any atom is -0.480 e. The third-order valence-electron chi connectivity index (χ3n) is 3.69. The summed E-state index contributed by atoms with van der Waals surface area (Å²) in [6.07, 6.45) is 1.75. The summed E-state index contributed by atoms with van der Waals surface area (Å²) in [5.41, 5.74) is -1.36. The van der Waals surface area contributed by atoms with Crippen LogP contribution < -0.4 is 0 Å². The molecule has 1 saturated heterocycles. The summed E-state index contributed by atoms with van der Waals surface area (Å²) in [6.45, 7) is 1.73. The first kappa shape index (κ1) is 15.7. The minimum absolute atomic E-state index is 0.146. The molecule has 0 amide bonds. The molecule has 0 saturated carbocycles. The van der Waals surface area contributed by atoms with Gasteiger partial charge in [0.15, 0.2) is 0 Å². The maximum Gasteiger partial charge on any atom is 0.324 e. The van der Waals surface area contributed by atoms with Gasteiger partial charge < -0.3 is 5.11 Å². The van der Waals surface area contributed by atoms with Gasteiger partial charge in [0.25, 0.3) is 0 Å². The van der Waals surface area contributed by atoms with Gasteiger partial charge in [0, 0.05) is 10.1 Å². The van der Waals surface area contributed by atoms with E-state index < -0.39 is 21.5 Å². The fourth-order valence-corrected chi connectivity index (χ4v) is 4.59. The Labute approximate surface area is 132 Å². The molecule has 2 rings (SSSR count). The molecular weight excluding hydrogens is 393 g/mol. The highest BCUT2D eigenvalue weighted by Crippen LogP contribution is 2.33. The van der Waals surface area contributed by atoms with Gasteiger partial charge in [0.2, 0.25) is 10.0 Å². The van der Waals surface area contributed by atoms with Gasteiger partial charge >= 0.3 is 5.97 Å². The summed E-state index contributed by atoms with van der Waals surface area (Å²) in [6, 6.07) is 6.45. The topological polar surface area (TPSA) is 74.7 Å². The zero-order valence-electron chi connectivity index (χ0n) is 11.0.